The molecule has 0 bridgehead atoms. The van der Waals surface area contributed by atoms with Crippen LogP contribution < -0.4 is 4.81 Å². The normalized spacial score (nSPS) is 23.3. The first-order chi connectivity index (χ1) is 13.3. The van der Waals surface area contributed by atoms with Gasteiger partial charge in [0, 0.05) is 11.3 Å². The minimum absolute atomic E-state index is 0.214. The molecule has 0 radical (unpaired) electrons. The van der Waals surface area contributed by atoms with E-state index in [0.29, 0.717) is 10.5 Å². The van der Waals surface area contributed by atoms with Crippen molar-refractivity contribution < 1.29 is 13.4 Å². The fraction of sp³-hybridized carbons (Fsp3) is 0.391. The summed E-state index contributed by atoms with van der Waals surface area (Å²) in [6, 6.07) is 9.86. The smallest absolute Gasteiger partial charge is 0.404 e. The largest absolute Gasteiger partial charge is 0.664 e. The van der Waals surface area contributed by atoms with Crippen molar-refractivity contribution in [3.63, 3.8) is 0 Å². The first kappa shape index (κ1) is 19.2. The first-order valence-electron chi connectivity index (χ1n) is 10.4. The number of rotatable bonds is 3. The van der Waals surface area contributed by atoms with Gasteiger partial charge in [0.05, 0.1) is 11.6 Å². The van der Waals surface area contributed by atoms with Crippen LogP contribution in [0.15, 0.2) is 47.2 Å². The van der Waals surface area contributed by atoms with Crippen LogP contribution in [-0.2, 0) is 6.42 Å². The first-order valence-corrected chi connectivity index (χ1v) is 10.4. The second-order valence-corrected chi connectivity index (χ2v) is 8.18. The van der Waals surface area contributed by atoms with Crippen LogP contribution in [0.3, 0.4) is 0 Å². The van der Waals surface area contributed by atoms with Crippen molar-refractivity contribution in [1.82, 2.24) is 4.48 Å². The van der Waals surface area contributed by atoms with Gasteiger partial charge in [-0.05, 0) is 68.5 Å². The molecule has 0 aliphatic carbocycles. The van der Waals surface area contributed by atoms with Gasteiger partial charge in [0.15, 0.2) is 0 Å². The molecule has 0 saturated heterocycles. The molecule has 28 heavy (non-hydrogen) atoms. The highest BCUT2D eigenvalue weighted by atomic mass is 19.2. The molecule has 148 valence electrons. The number of hydrogen-bond acceptors (Lipinski definition) is 0. The number of halogens is 2. The van der Waals surface area contributed by atoms with Crippen LogP contribution in [0.25, 0.3) is 5.57 Å². The van der Waals surface area contributed by atoms with Crippen LogP contribution in [0.2, 0.25) is 0 Å². The lowest BCUT2D eigenvalue weighted by molar-refractivity contribution is -0.782. The Morgan fingerprint density at radius 3 is 2.25 bits per heavy atom. The molecule has 2 aliphatic heterocycles. The second kappa shape index (κ2) is 6.45. The van der Waals surface area contributed by atoms with Crippen molar-refractivity contribution >= 4 is 12.5 Å². The monoisotopic (exact) mass is 382 g/mol. The van der Waals surface area contributed by atoms with Gasteiger partial charge in [-0.3, -0.25) is 0 Å². The van der Waals surface area contributed by atoms with E-state index in [-0.39, 0.29) is 6.04 Å². The Labute approximate surface area is 166 Å². The van der Waals surface area contributed by atoms with E-state index < -0.39 is 6.97 Å². The van der Waals surface area contributed by atoms with E-state index >= 15 is 8.63 Å². The molecule has 0 spiro atoms. The third kappa shape index (κ3) is 2.29. The van der Waals surface area contributed by atoms with E-state index in [1.807, 2.05) is 45.9 Å². The molecule has 0 saturated carbocycles. The van der Waals surface area contributed by atoms with E-state index in [0.717, 1.165) is 57.6 Å². The zero-order chi connectivity index (χ0) is 20.4. The van der Waals surface area contributed by atoms with Gasteiger partial charge in [-0.25, -0.2) is 0 Å². The number of nitrogens with one attached hydrogen (secondary N) is 1. The lowest BCUT2D eigenvalue weighted by atomic mass is 9.82. The molecule has 2 aliphatic rings. The van der Waals surface area contributed by atoms with Crippen molar-refractivity contribution in [2.75, 3.05) is 0 Å². The zero-order valence-electron chi connectivity index (χ0n) is 17.7. The highest BCUT2D eigenvalue weighted by Gasteiger charge is 2.57. The number of benzene rings is 1. The topological polar surface area (TPSA) is 9.37 Å². The number of allylic oxidation sites excluding steroid dienone is 1. The molecule has 2 atom stereocenters. The third-order valence-electron chi connectivity index (χ3n) is 6.96. The molecule has 1 N–H and O–H groups in total. The Hall–Kier alpha value is -2.14. The van der Waals surface area contributed by atoms with Crippen molar-refractivity contribution in [3.05, 3.63) is 75.3 Å². The average molecular weight is 382 g/mol. The SMILES string of the molecule is CCC1=C(C)C2=C(c3ccccc3)c3c(C)c(CC)c(C)n3[B-](F)(F)[NH+]2C1C. The van der Waals surface area contributed by atoms with Gasteiger partial charge < -0.3 is 17.9 Å². The van der Waals surface area contributed by atoms with Crippen LogP contribution in [0.4, 0.5) is 8.63 Å². The van der Waals surface area contributed by atoms with Gasteiger partial charge >= 0.3 is 6.97 Å². The second-order valence-electron chi connectivity index (χ2n) is 8.18. The fourth-order valence-corrected chi connectivity index (χ4v) is 5.77. The van der Waals surface area contributed by atoms with E-state index in [2.05, 4.69) is 26.0 Å². The molecule has 0 amide bonds. The lowest BCUT2D eigenvalue weighted by Gasteiger charge is -2.43. The van der Waals surface area contributed by atoms with E-state index in [1.54, 1.807) is 0 Å². The van der Waals surface area contributed by atoms with Gasteiger partial charge in [0.2, 0.25) is 0 Å². The minimum atomic E-state index is -3.82. The van der Waals surface area contributed by atoms with E-state index in [1.165, 1.54) is 4.48 Å². The lowest BCUT2D eigenvalue weighted by Crippen LogP contribution is -3.23. The van der Waals surface area contributed by atoms with Crippen LogP contribution in [-0.4, -0.2) is 17.5 Å². The standard InChI is InChI=1S/C23H29BF2N2/c1-7-19-14(3)22-21(18-12-10-9-11-13-18)23-15(4)20(8-2)17(6)28(23)24(25,26)27(22)16(19)5/h9-13,16,27H,7-8H2,1-6H3. The van der Waals surface area contributed by atoms with Crippen molar-refractivity contribution in [2.24, 2.45) is 0 Å². The molecule has 0 fully saturated rings. The summed E-state index contributed by atoms with van der Waals surface area (Å²) in [7, 11) is 0. The summed E-state index contributed by atoms with van der Waals surface area (Å²) in [5.41, 5.74) is 8.49. The van der Waals surface area contributed by atoms with Gasteiger partial charge in [-0.1, -0.05) is 44.2 Å². The van der Waals surface area contributed by atoms with E-state index in [4.69, 9.17) is 0 Å². The van der Waals surface area contributed by atoms with Gasteiger partial charge in [0.25, 0.3) is 0 Å². The van der Waals surface area contributed by atoms with Crippen molar-refractivity contribution in [2.45, 2.75) is 60.4 Å². The predicted octanol–water partition coefficient (Wildman–Crippen LogP) is 4.68. The molecular weight excluding hydrogens is 353 g/mol. The van der Waals surface area contributed by atoms with Crippen LogP contribution >= 0.6 is 0 Å². The molecule has 1 aromatic carbocycles. The van der Waals surface area contributed by atoms with Crippen LogP contribution in [0.1, 0.15) is 62.2 Å². The third-order valence-corrected chi connectivity index (χ3v) is 6.96. The summed E-state index contributed by atoms with van der Waals surface area (Å²) in [6.45, 7) is 8.17. The maximum absolute atomic E-state index is 16.1. The summed E-state index contributed by atoms with van der Waals surface area (Å²) in [4.78, 5) is 0.335. The fourth-order valence-electron chi connectivity index (χ4n) is 5.77. The Morgan fingerprint density at radius 1 is 1.04 bits per heavy atom. The number of quaternary nitrogens is 1. The highest BCUT2D eigenvalue weighted by molar-refractivity contribution is 6.57. The molecule has 2 aromatic rings. The maximum atomic E-state index is 16.1. The summed E-state index contributed by atoms with van der Waals surface area (Å²) >= 11 is 0. The molecule has 4 rings (SSSR count). The Balaban J connectivity index is 2.18. The molecule has 1 aromatic heterocycles. The Kier molecular flexibility index (Phi) is 4.42. The summed E-state index contributed by atoms with van der Waals surface area (Å²) in [6.07, 6.45) is 1.57. The summed E-state index contributed by atoms with van der Waals surface area (Å²) < 4.78 is 33.6. The van der Waals surface area contributed by atoms with E-state index in [9.17, 15) is 0 Å². The maximum Gasteiger partial charge on any atom is 0.664 e. The Bertz CT molecular complexity index is 1010. The van der Waals surface area contributed by atoms with Crippen LogP contribution in [0.5, 0.6) is 0 Å². The molecular formula is C23H29BF2N2. The minimum Gasteiger partial charge on any atom is -0.404 e. The van der Waals surface area contributed by atoms with Crippen LogP contribution in [0, 0.1) is 13.8 Å². The van der Waals surface area contributed by atoms with Crippen molar-refractivity contribution in [3.8, 4) is 0 Å². The number of nitrogens with zero attached hydrogens (tertiary/aromatic N) is 1. The van der Waals surface area contributed by atoms with Gasteiger partial charge in [-0.2, -0.15) is 0 Å². The zero-order valence-corrected chi connectivity index (χ0v) is 17.7. The van der Waals surface area contributed by atoms with Crippen molar-refractivity contribution in [1.29, 1.82) is 0 Å². The number of fused-ring (bicyclic) bond motifs is 2. The molecule has 2 nitrogen and oxygen atoms in total. The van der Waals surface area contributed by atoms with Gasteiger partial charge in [0.1, 0.15) is 5.70 Å². The molecule has 5 heteroatoms. The number of hydrogen-bond donors (Lipinski definition) is 1. The summed E-state index contributed by atoms with van der Waals surface area (Å²) in [5.74, 6) is 0. The number of aromatic nitrogens is 1. The molecule has 2 unspecified atom stereocenters. The quantitative estimate of drug-likeness (QED) is 0.739. The molecule has 3 heterocycles. The predicted molar refractivity (Wildman–Crippen MR) is 113 cm³/mol. The average Bonchev–Trinajstić information content (AvgIpc) is 3.07. The highest BCUT2D eigenvalue weighted by Crippen LogP contribution is 2.42. The van der Waals surface area contributed by atoms with Gasteiger partial charge in [-0.15, -0.1) is 0 Å². The Morgan fingerprint density at radius 2 is 1.68 bits per heavy atom. The summed E-state index contributed by atoms with van der Waals surface area (Å²) in [5, 5.41) is 0.